The number of nitrogens with one attached hydrogen (secondary N) is 2. The molecule has 10 rings (SSSR count). The first-order chi connectivity index (χ1) is 37.9. The minimum Gasteiger partial charge on any atom is -0.444 e. The Balaban J connectivity index is 0.000000196. The summed E-state index contributed by atoms with van der Waals surface area (Å²) >= 11 is 0. The van der Waals surface area contributed by atoms with Gasteiger partial charge in [0.15, 0.2) is 0 Å². The maximum atomic E-state index is 12.4. The van der Waals surface area contributed by atoms with Crippen molar-refractivity contribution in [1.29, 1.82) is 0 Å². The number of carbonyl (C=O) groups excluding carboxylic acids is 2. The Hall–Kier alpha value is -5.96. The molecule has 0 bridgehead atoms. The van der Waals surface area contributed by atoms with E-state index in [0.717, 1.165) is 82.7 Å². The third-order valence-electron chi connectivity index (χ3n) is 13.2. The summed E-state index contributed by atoms with van der Waals surface area (Å²) < 4.78 is 29.7. The van der Waals surface area contributed by atoms with Gasteiger partial charge in [-0.05, 0) is 116 Å². The third-order valence-corrected chi connectivity index (χ3v) is 13.2. The molecule has 18 nitrogen and oxygen atoms in total. The lowest BCUT2D eigenvalue weighted by molar-refractivity contribution is 0.0183. The predicted octanol–water partition coefficient (Wildman–Crippen LogP) is 8.17. The normalized spacial score (nSPS) is 20.4. The van der Waals surface area contributed by atoms with Gasteiger partial charge in [0.1, 0.15) is 11.2 Å². The largest absolute Gasteiger partial charge is 0.444 e. The molecule has 438 valence electrons. The van der Waals surface area contributed by atoms with Crippen molar-refractivity contribution in [3.8, 4) is 11.3 Å². The van der Waals surface area contributed by atoms with Crippen LogP contribution >= 0.6 is 12.4 Å². The Morgan fingerprint density at radius 3 is 1.51 bits per heavy atom. The standard InChI is InChI=1S/C21H22N4O2.C16H23NO3.C11H15NO.C9H17NO3.C4H9NO.ClH/c1-24-20(26)13-19(17-7-10-22-11-8-17)23-21(24)25-12-9-18(14-25)27-15-16-5-3-2-4-6-16;1-16(2,3)20-15(18)17-10-9-14(11-17)19-12-13-7-5-4-6-8-13;1-2-4-10(5-3-1)9-13-11-6-7-12-8-11;1-9(2,3)13-8(12)10-5-4-7(11)6-10;6-4-1-2-5-3-4;/h2-8,10-11,13,18H,9,12,14-15H2,1H3;4-8,14H,9-12H2,1-3H3;1-5,11-12H,6-9H2;7,11H,4-6H2,1-3H3;4-6H,1-3H2;1H. The number of amides is 2. The van der Waals surface area contributed by atoms with Gasteiger partial charge < -0.3 is 59.2 Å². The molecule has 0 aliphatic carbocycles. The van der Waals surface area contributed by atoms with Crippen LogP contribution in [0.2, 0.25) is 0 Å². The van der Waals surface area contributed by atoms with Crippen LogP contribution in [0, 0.1) is 0 Å². The van der Waals surface area contributed by atoms with Crippen molar-refractivity contribution < 1.29 is 43.5 Å². The zero-order valence-electron chi connectivity index (χ0n) is 47.9. The predicted molar refractivity (Wildman–Crippen MR) is 314 cm³/mol. The fourth-order valence-electron chi connectivity index (χ4n) is 8.89. The lowest BCUT2D eigenvalue weighted by atomic mass is 10.2. The minimum atomic E-state index is -0.454. The molecule has 5 aliphatic heterocycles. The zero-order chi connectivity index (χ0) is 56.6. The minimum absolute atomic E-state index is 0. The van der Waals surface area contributed by atoms with Crippen molar-refractivity contribution in [1.82, 2.24) is 35.0 Å². The number of aliphatic hydroxyl groups excluding tert-OH is 2. The summed E-state index contributed by atoms with van der Waals surface area (Å²) in [6.07, 6.45) is 7.55. The number of benzene rings is 3. The molecule has 2 amide bonds. The molecular formula is C61H87ClN8O10. The van der Waals surface area contributed by atoms with E-state index in [0.29, 0.717) is 63.6 Å². The number of carbonyl (C=O) groups is 2. The van der Waals surface area contributed by atoms with Crippen LogP contribution in [0.5, 0.6) is 0 Å². The Kier molecular flexibility index (Phi) is 26.8. The number of aromatic nitrogens is 3. The molecule has 2 aromatic heterocycles. The number of nitrogens with zero attached hydrogens (tertiary/aromatic N) is 6. The van der Waals surface area contributed by atoms with Gasteiger partial charge in [-0.1, -0.05) is 91.0 Å². The van der Waals surface area contributed by atoms with Gasteiger partial charge in [-0.2, -0.15) is 0 Å². The summed E-state index contributed by atoms with van der Waals surface area (Å²) in [6, 6.07) is 35.9. The monoisotopic (exact) mass is 1130 g/mol. The molecule has 7 heterocycles. The first-order valence-electron chi connectivity index (χ1n) is 27.8. The maximum absolute atomic E-state index is 12.4. The van der Waals surface area contributed by atoms with Crippen LogP contribution in [-0.4, -0.2) is 154 Å². The highest BCUT2D eigenvalue weighted by atomic mass is 35.5. The van der Waals surface area contributed by atoms with Gasteiger partial charge in [-0.25, -0.2) is 14.6 Å². The molecule has 3 aromatic carbocycles. The van der Waals surface area contributed by atoms with Crippen LogP contribution in [0.25, 0.3) is 11.3 Å². The van der Waals surface area contributed by atoms with Gasteiger partial charge in [0, 0.05) is 76.9 Å². The summed E-state index contributed by atoms with van der Waals surface area (Å²) in [5.41, 5.74) is 4.17. The Bertz CT molecular complexity index is 2600. The van der Waals surface area contributed by atoms with E-state index in [1.54, 1.807) is 35.0 Å². The maximum Gasteiger partial charge on any atom is 0.410 e. The molecule has 19 heteroatoms. The number of rotatable bonds is 11. The first-order valence-corrected chi connectivity index (χ1v) is 27.8. The van der Waals surface area contributed by atoms with E-state index < -0.39 is 11.2 Å². The molecule has 5 unspecified atom stereocenters. The van der Waals surface area contributed by atoms with Crippen molar-refractivity contribution >= 4 is 30.5 Å². The van der Waals surface area contributed by atoms with Gasteiger partial charge in [0.25, 0.3) is 5.56 Å². The first kappa shape index (κ1) is 64.9. The van der Waals surface area contributed by atoms with Crippen LogP contribution in [0.1, 0.15) is 90.3 Å². The highest BCUT2D eigenvalue weighted by Gasteiger charge is 2.31. The van der Waals surface area contributed by atoms with Gasteiger partial charge in [-0.3, -0.25) is 14.3 Å². The van der Waals surface area contributed by atoms with E-state index in [1.807, 2.05) is 120 Å². The number of halogens is 1. The average molecular weight is 1130 g/mol. The van der Waals surface area contributed by atoms with Gasteiger partial charge in [0.2, 0.25) is 5.95 Å². The molecule has 5 aliphatic rings. The van der Waals surface area contributed by atoms with Crippen molar-refractivity contribution in [2.45, 2.75) is 135 Å². The topological polar surface area (TPSA) is 202 Å². The second-order valence-corrected chi connectivity index (χ2v) is 22.3. The molecule has 0 spiro atoms. The molecule has 5 atom stereocenters. The van der Waals surface area contributed by atoms with Crippen LogP contribution in [0.3, 0.4) is 0 Å². The third kappa shape index (κ3) is 23.6. The number of hydrogen-bond acceptors (Lipinski definition) is 15. The van der Waals surface area contributed by atoms with E-state index in [-0.39, 0.29) is 54.6 Å². The Labute approximate surface area is 479 Å². The van der Waals surface area contributed by atoms with E-state index in [4.69, 9.17) is 33.8 Å². The van der Waals surface area contributed by atoms with E-state index in [2.05, 4.69) is 44.8 Å². The van der Waals surface area contributed by atoms with Crippen molar-refractivity contribution in [2.75, 3.05) is 70.3 Å². The number of ether oxygens (including phenoxy) is 5. The number of anilines is 1. The molecule has 0 radical (unpaired) electrons. The fraction of sp³-hybridized carbons (Fsp3) is 0.525. The molecule has 80 heavy (non-hydrogen) atoms. The Morgan fingerprint density at radius 1 is 0.588 bits per heavy atom. The molecular weight excluding hydrogens is 1040 g/mol. The van der Waals surface area contributed by atoms with Gasteiger partial charge in [0.05, 0.1) is 62.6 Å². The average Bonchev–Trinajstić information content (AvgIpc) is 4.32. The van der Waals surface area contributed by atoms with Crippen molar-refractivity contribution in [2.24, 2.45) is 7.05 Å². The summed E-state index contributed by atoms with van der Waals surface area (Å²) in [5, 5.41) is 24.2. The quantitative estimate of drug-likeness (QED) is 0.0986. The van der Waals surface area contributed by atoms with Crippen LogP contribution in [-0.2, 0) is 50.6 Å². The molecule has 0 saturated carbocycles. The second kappa shape index (κ2) is 33.1. The van der Waals surface area contributed by atoms with Crippen molar-refractivity contribution in [3.63, 3.8) is 0 Å². The lowest BCUT2D eigenvalue weighted by Crippen LogP contribution is -2.36. The van der Waals surface area contributed by atoms with E-state index in [1.165, 1.54) is 16.0 Å². The van der Waals surface area contributed by atoms with Gasteiger partial charge >= 0.3 is 12.2 Å². The summed E-state index contributed by atoms with van der Waals surface area (Å²) in [5.74, 6) is 0.681. The summed E-state index contributed by atoms with van der Waals surface area (Å²) in [6.45, 7) is 20.8. The molecule has 5 saturated heterocycles. The number of pyridine rings is 1. The number of hydrogen-bond donors (Lipinski definition) is 4. The summed E-state index contributed by atoms with van der Waals surface area (Å²) in [4.78, 5) is 49.9. The van der Waals surface area contributed by atoms with Crippen LogP contribution in [0.4, 0.5) is 15.5 Å². The van der Waals surface area contributed by atoms with Crippen molar-refractivity contribution in [3.05, 3.63) is 149 Å². The number of likely N-dealkylation sites (tertiary alicyclic amines) is 2. The zero-order valence-corrected chi connectivity index (χ0v) is 48.7. The molecule has 5 fully saturated rings. The SMILES string of the molecule is CC(C)(C)OC(=O)N1CCC(O)C1.CC(C)(C)OC(=O)N1CCC(OCc2ccccc2)C1.Cl.Cn1c(N2CCC(OCc3ccccc3)C2)nc(-c2ccncc2)cc1=O.OC1CCNC1.c1ccc(COC2CCNC2)cc1. The fourth-order valence-corrected chi connectivity index (χ4v) is 8.89. The van der Waals surface area contributed by atoms with Crippen LogP contribution in [0.15, 0.2) is 126 Å². The van der Waals surface area contributed by atoms with E-state index in [9.17, 15) is 19.5 Å². The Morgan fingerprint density at radius 2 is 1.06 bits per heavy atom. The number of β-amino-alcohol motifs (C(OH)–C–C–N with tert-alkyl or cyclic N) is 2. The number of aliphatic hydroxyl groups is 2. The van der Waals surface area contributed by atoms with Crippen LogP contribution < -0.4 is 21.1 Å². The van der Waals surface area contributed by atoms with Gasteiger partial charge in [-0.15, -0.1) is 12.4 Å². The highest BCUT2D eigenvalue weighted by Crippen LogP contribution is 2.24. The highest BCUT2D eigenvalue weighted by molar-refractivity contribution is 5.85. The summed E-state index contributed by atoms with van der Waals surface area (Å²) in [7, 11) is 1.76. The molecule has 4 N–H and O–H groups in total. The van der Waals surface area contributed by atoms with E-state index >= 15 is 0 Å². The second-order valence-electron chi connectivity index (χ2n) is 22.3. The lowest BCUT2D eigenvalue weighted by Gasteiger charge is -2.24. The smallest absolute Gasteiger partial charge is 0.410 e. The molecule has 5 aromatic rings.